The minimum absolute atomic E-state index is 0.154. The van der Waals surface area contributed by atoms with E-state index in [1.807, 2.05) is 0 Å². The first-order chi connectivity index (χ1) is 9.04. The van der Waals surface area contributed by atoms with Gasteiger partial charge < -0.3 is 19.9 Å². The van der Waals surface area contributed by atoms with Crippen LogP contribution in [0.4, 0.5) is 0 Å². The van der Waals surface area contributed by atoms with Gasteiger partial charge in [-0.15, -0.1) is 0 Å². The van der Waals surface area contributed by atoms with Crippen LogP contribution in [-0.2, 0) is 14.3 Å². The predicted molar refractivity (Wildman–Crippen MR) is 77.5 cm³/mol. The van der Waals surface area contributed by atoms with E-state index in [-0.39, 0.29) is 12.1 Å². The second kappa shape index (κ2) is 6.41. The molecule has 0 spiro atoms. The summed E-state index contributed by atoms with van der Waals surface area (Å²) in [6, 6.07) is 0. The number of nitrogens with one attached hydrogen (secondary N) is 1. The molecule has 0 aromatic rings. The van der Waals surface area contributed by atoms with E-state index in [0.29, 0.717) is 6.54 Å². The molecule has 1 aliphatic heterocycles. The Morgan fingerprint density at radius 1 is 1.35 bits per heavy atom. The first-order valence-corrected chi connectivity index (χ1v) is 7.35. The van der Waals surface area contributed by atoms with Gasteiger partial charge in [0.15, 0.2) is 5.60 Å². The molecule has 2 atom stereocenters. The highest BCUT2D eigenvalue weighted by atomic mass is 16.6. The Morgan fingerprint density at radius 2 is 2.00 bits per heavy atom. The third-order valence-electron chi connectivity index (χ3n) is 3.36. The molecule has 1 fully saturated rings. The highest BCUT2D eigenvalue weighted by Crippen LogP contribution is 2.23. The number of rotatable bonds is 5. The Labute approximate surface area is 122 Å². The van der Waals surface area contributed by atoms with E-state index in [2.05, 4.69) is 12.2 Å². The van der Waals surface area contributed by atoms with E-state index in [1.165, 1.54) is 6.92 Å². The van der Waals surface area contributed by atoms with Crippen molar-refractivity contribution >= 4 is 5.97 Å². The van der Waals surface area contributed by atoms with Crippen LogP contribution in [0.3, 0.4) is 0 Å². The Morgan fingerprint density at radius 3 is 2.50 bits per heavy atom. The van der Waals surface area contributed by atoms with Crippen LogP contribution in [-0.4, -0.2) is 47.6 Å². The van der Waals surface area contributed by atoms with E-state index in [1.54, 1.807) is 20.8 Å². The van der Waals surface area contributed by atoms with Gasteiger partial charge in [-0.25, -0.2) is 4.79 Å². The third-order valence-corrected chi connectivity index (χ3v) is 3.36. The normalized spacial score (nSPS) is 26.9. The Hall–Kier alpha value is -0.650. The van der Waals surface area contributed by atoms with Gasteiger partial charge >= 0.3 is 5.97 Å². The molecule has 1 heterocycles. The average molecular weight is 287 g/mol. The van der Waals surface area contributed by atoms with Crippen molar-refractivity contribution in [1.29, 1.82) is 0 Å². The molecule has 2 N–H and O–H groups in total. The van der Waals surface area contributed by atoms with E-state index < -0.39 is 17.2 Å². The van der Waals surface area contributed by atoms with Crippen LogP contribution >= 0.6 is 0 Å². The zero-order chi connectivity index (χ0) is 15.4. The maximum atomic E-state index is 11.9. The molecule has 118 valence electrons. The van der Waals surface area contributed by atoms with Gasteiger partial charge in [-0.1, -0.05) is 0 Å². The van der Waals surface area contributed by atoms with Crippen LogP contribution < -0.4 is 5.32 Å². The molecule has 0 aliphatic carbocycles. The largest absolute Gasteiger partial charge is 0.458 e. The molecule has 1 aliphatic rings. The van der Waals surface area contributed by atoms with Gasteiger partial charge in [-0.05, 0) is 53.9 Å². The average Bonchev–Trinajstić information content (AvgIpc) is 2.27. The molecule has 20 heavy (non-hydrogen) atoms. The summed E-state index contributed by atoms with van der Waals surface area (Å²) in [5.74, 6) is -0.604. The minimum Gasteiger partial charge on any atom is -0.458 e. The van der Waals surface area contributed by atoms with Crippen molar-refractivity contribution in [2.75, 3.05) is 19.7 Å². The monoisotopic (exact) mass is 287 g/mol. The summed E-state index contributed by atoms with van der Waals surface area (Å²) >= 11 is 0. The molecule has 0 saturated carbocycles. The standard InChI is InChI=1S/C15H29NO4/c1-13(2,3)20-12(17)15(5,18)11-16-10-14(4)8-6-7-9-19-14/h16,18H,6-11H2,1-5H3. The van der Waals surface area contributed by atoms with Gasteiger partial charge in [0.05, 0.1) is 5.60 Å². The van der Waals surface area contributed by atoms with Crippen molar-refractivity contribution in [2.45, 2.75) is 70.7 Å². The summed E-state index contributed by atoms with van der Waals surface area (Å²) in [5, 5.41) is 13.3. The maximum Gasteiger partial charge on any atom is 0.339 e. The molecule has 5 nitrogen and oxygen atoms in total. The number of esters is 1. The second-order valence-corrected chi connectivity index (χ2v) is 7.13. The number of hydrogen-bond donors (Lipinski definition) is 2. The molecule has 0 bridgehead atoms. The van der Waals surface area contributed by atoms with Crippen molar-refractivity contribution in [2.24, 2.45) is 0 Å². The Kier molecular flexibility index (Phi) is 5.58. The highest BCUT2D eigenvalue weighted by Gasteiger charge is 2.36. The van der Waals surface area contributed by atoms with E-state index in [0.717, 1.165) is 25.9 Å². The predicted octanol–water partition coefficient (Wildman–Crippen LogP) is 1.63. The van der Waals surface area contributed by atoms with Gasteiger partial charge in [0.2, 0.25) is 0 Å². The van der Waals surface area contributed by atoms with Crippen molar-refractivity contribution < 1.29 is 19.4 Å². The molecule has 1 rings (SSSR count). The Bertz CT molecular complexity index is 327. The first kappa shape index (κ1) is 17.4. The highest BCUT2D eigenvalue weighted by molar-refractivity contribution is 5.79. The fourth-order valence-corrected chi connectivity index (χ4v) is 2.16. The van der Waals surface area contributed by atoms with Gasteiger partial charge in [0.1, 0.15) is 5.60 Å². The lowest BCUT2D eigenvalue weighted by atomic mass is 9.95. The van der Waals surface area contributed by atoms with E-state index in [9.17, 15) is 9.90 Å². The molecular formula is C15H29NO4. The molecule has 0 aromatic carbocycles. The van der Waals surface area contributed by atoms with Crippen molar-refractivity contribution in [3.8, 4) is 0 Å². The molecule has 0 radical (unpaired) electrons. The topological polar surface area (TPSA) is 67.8 Å². The van der Waals surface area contributed by atoms with Crippen LogP contribution in [0, 0.1) is 0 Å². The van der Waals surface area contributed by atoms with Gasteiger partial charge in [0, 0.05) is 19.7 Å². The molecular weight excluding hydrogens is 258 g/mol. The second-order valence-electron chi connectivity index (χ2n) is 7.13. The zero-order valence-corrected chi connectivity index (χ0v) is 13.4. The number of hydrogen-bond acceptors (Lipinski definition) is 5. The smallest absolute Gasteiger partial charge is 0.339 e. The van der Waals surface area contributed by atoms with Crippen molar-refractivity contribution in [1.82, 2.24) is 5.32 Å². The van der Waals surface area contributed by atoms with Crippen molar-refractivity contribution in [3.05, 3.63) is 0 Å². The van der Waals surface area contributed by atoms with E-state index >= 15 is 0 Å². The van der Waals surface area contributed by atoms with Gasteiger partial charge in [-0.3, -0.25) is 0 Å². The lowest BCUT2D eigenvalue weighted by Crippen LogP contribution is -2.51. The molecule has 2 unspecified atom stereocenters. The minimum atomic E-state index is -1.53. The van der Waals surface area contributed by atoms with Gasteiger partial charge in [0.25, 0.3) is 0 Å². The fraction of sp³-hybridized carbons (Fsp3) is 0.933. The molecule has 5 heteroatoms. The summed E-state index contributed by atoms with van der Waals surface area (Å²) in [7, 11) is 0. The van der Waals surface area contributed by atoms with Crippen LogP contribution in [0.15, 0.2) is 0 Å². The summed E-state index contributed by atoms with van der Waals surface area (Å²) in [6.07, 6.45) is 3.25. The summed E-state index contributed by atoms with van der Waals surface area (Å²) < 4.78 is 11.0. The van der Waals surface area contributed by atoms with Crippen LogP contribution in [0.2, 0.25) is 0 Å². The number of carbonyl (C=O) groups excluding carboxylic acids is 1. The molecule has 0 amide bonds. The zero-order valence-electron chi connectivity index (χ0n) is 13.4. The number of ether oxygens (including phenoxy) is 2. The third kappa shape index (κ3) is 5.77. The maximum absolute atomic E-state index is 11.9. The van der Waals surface area contributed by atoms with Crippen LogP contribution in [0.25, 0.3) is 0 Å². The molecule has 0 aromatic heterocycles. The van der Waals surface area contributed by atoms with Crippen LogP contribution in [0.5, 0.6) is 0 Å². The summed E-state index contributed by atoms with van der Waals surface area (Å²) in [4.78, 5) is 11.9. The molecule has 1 saturated heterocycles. The SMILES string of the molecule is CC(C)(C)OC(=O)C(C)(O)CNCC1(C)CCCCO1. The Balaban J connectivity index is 2.40. The lowest BCUT2D eigenvalue weighted by Gasteiger charge is -2.35. The first-order valence-electron chi connectivity index (χ1n) is 7.35. The van der Waals surface area contributed by atoms with E-state index in [4.69, 9.17) is 9.47 Å². The summed E-state index contributed by atoms with van der Waals surface area (Å²) in [5.41, 5.74) is -2.33. The quantitative estimate of drug-likeness (QED) is 0.752. The lowest BCUT2D eigenvalue weighted by molar-refractivity contribution is -0.175. The van der Waals surface area contributed by atoms with Crippen LogP contribution in [0.1, 0.15) is 53.9 Å². The number of carbonyl (C=O) groups is 1. The summed E-state index contributed by atoms with van der Waals surface area (Å²) in [6.45, 7) is 10.4. The number of aliphatic hydroxyl groups is 1. The van der Waals surface area contributed by atoms with Crippen molar-refractivity contribution in [3.63, 3.8) is 0 Å². The van der Waals surface area contributed by atoms with Gasteiger partial charge in [-0.2, -0.15) is 0 Å². The fourth-order valence-electron chi connectivity index (χ4n) is 2.16.